The maximum absolute atomic E-state index is 5.23. The molecule has 0 amide bonds. The van der Waals surface area contributed by atoms with Crippen molar-refractivity contribution in [2.24, 2.45) is 0 Å². The second kappa shape index (κ2) is 2.24. The van der Waals surface area contributed by atoms with Crippen LogP contribution < -0.4 is 0 Å². The van der Waals surface area contributed by atoms with Crippen LogP contribution in [-0.4, -0.2) is 9.97 Å². The van der Waals surface area contributed by atoms with Crippen LogP contribution in [0.15, 0.2) is 10.8 Å². The van der Waals surface area contributed by atoms with Crippen LogP contribution in [0.1, 0.15) is 11.4 Å². The van der Waals surface area contributed by atoms with Gasteiger partial charge in [0.1, 0.15) is 0 Å². The Morgan fingerprint density at radius 3 is 2.25 bits per heavy atom. The molecule has 3 rings (SSSR count). The zero-order valence-corrected chi connectivity index (χ0v) is 7.10. The standard InChI is InChI=1S/C8H6N2OS/c1-5-6(2-11-1)10-8-4-12-3-7(8)9-5/h3-4H,1-2H2. The van der Waals surface area contributed by atoms with Crippen LogP contribution in [-0.2, 0) is 18.0 Å². The van der Waals surface area contributed by atoms with Crippen molar-refractivity contribution in [3.8, 4) is 0 Å². The number of rotatable bonds is 0. The quantitative estimate of drug-likeness (QED) is 0.616. The smallest absolute Gasteiger partial charge is 0.0998 e. The van der Waals surface area contributed by atoms with Crippen LogP contribution >= 0.6 is 11.3 Å². The molecule has 0 N–H and O–H groups in total. The molecule has 3 nitrogen and oxygen atoms in total. The van der Waals surface area contributed by atoms with E-state index in [1.54, 1.807) is 11.3 Å². The van der Waals surface area contributed by atoms with Gasteiger partial charge in [-0.2, -0.15) is 0 Å². The van der Waals surface area contributed by atoms with Crippen LogP contribution in [0.3, 0.4) is 0 Å². The minimum atomic E-state index is 0.619. The number of aromatic nitrogens is 2. The van der Waals surface area contributed by atoms with Gasteiger partial charge in [0.25, 0.3) is 0 Å². The number of thiophene rings is 1. The predicted octanol–water partition coefficient (Wildman–Crippen LogP) is 1.72. The van der Waals surface area contributed by atoms with E-state index in [9.17, 15) is 0 Å². The number of hydrogen-bond acceptors (Lipinski definition) is 4. The maximum Gasteiger partial charge on any atom is 0.0998 e. The molecular weight excluding hydrogens is 172 g/mol. The Morgan fingerprint density at radius 1 is 1.08 bits per heavy atom. The van der Waals surface area contributed by atoms with Crippen molar-refractivity contribution in [3.63, 3.8) is 0 Å². The molecule has 2 aromatic heterocycles. The van der Waals surface area contributed by atoms with Crippen molar-refractivity contribution in [1.82, 2.24) is 9.97 Å². The number of nitrogens with zero attached hydrogens (tertiary/aromatic N) is 2. The fraction of sp³-hybridized carbons (Fsp3) is 0.250. The lowest BCUT2D eigenvalue weighted by Gasteiger charge is -1.93. The van der Waals surface area contributed by atoms with Crippen LogP contribution in [0.4, 0.5) is 0 Å². The van der Waals surface area contributed by atoms with Gasteiger partial charge in [-0.3, -0.25) is 0 Å². The monoisotopic (exact) mass is 178 g/mol. The molecule has 0 saturated carbocycles. The van der Waals surface area contributed by atoms with E-state index in [-0.39, 0.29) is 0 Å². The highest BCUT2D eigenvalue weighted by Crippen LogP contribution is 2.21. The third kappa shape index (κ3) is 0.790. The molecule has 0 bridgehead atoms. The Labute approximate surface area is 73.0 Å². The van der Waals surface area contributed by atoms with Crippen molar-refractivity contribution in [2.75, 3.05) is 0 Å². The highest BCUT2D eigenvalue weighted by atomic mass is 32.1. The van der Waals surface area contributed by atoms with E-state index >= 15 is 0 Å². The van der Waals surface area contributed by atoms with Crippen molar-refractivity contribution in [2.45, 2.75) is 13.2 Å². The largest absolute Gasteiger partial charge is 0.369 e. The van der Waals surface area contributed by atoms with Gasteiger partial charge in [0.15, 0.2) is 0 Å². The fourth-order valence-electron chi connectivity index (χ4n) is 1.35. The van der Waals surface area contributed by atoms with E-state index in [0.717, 1.165) is 22.4 Å². The lowest BCUT2D eigenvalue weighted by atomic mass is 10.3. The average molecular weight is 178 g/mol. The number of ether oxygens (including phenoxy) is 1. The second-order valence-corrected chi connectivity index (χ2v) is 3.50. The summed E-state index contributed by atoms with van der Waals surface area (Å²) in [5, 5.41) is 4.03. The summed E-state index contributed by atoms with van der Waals surface area (Å²) >= 11 is 1.64. The molecule has 0 spiro atoms. The highest BCUT2D eigenvalue weighted by Gasteiger charge is 2.15. The predicted molar refractivity (Wildman–Crippen MR) is 45.9 cm³/mol. The molecule has 1 aliphatic heterocycles. The van der Waals surface area contributed by atoms with Gasteiger partial charge in [-0.15, -0.1) is 11.3 Å². The summed E-state index contributed by atoms with van der Waals surface area (Å²) in [5.41, 5.74) is 3.98. The van der Waals surface area contributed by atoms with Crippen LogP contribution in [0.25, 0.3) is 11.0 Å². The molecule has 0 saturated heterocycles. The zero-order valence-electron chi connectivity index (χ0n) is 6.28. The molecule has 60 valence electrons. The average Bonchev–Trinajstić information content (AvgIpc) is 2.64. The van der Waals surface area contributed by atoms with Gasteiger partial charge in [0, 0.05) is 10.8 Å². The summed E-state index contributed by atoms with van der Waals surface area (Å²) < 4.78 is 5.23. The lowest BCUT2D eigenvalue weighted by Crippen LogP contribution is -1.91. The van der Waals surface area contributed by atoms with E-state index in [0.29, 0.717) is 13.2 Å². The third-order valence-corrected chi connectivity index (χ3v) is 2.66. The highest BCUT2D eigenvalue weighted by molar-refractivity contribution is 7.09. The minimum Gasteiger partial charge on any atom is -0.369 e. The minimum absolute atomic E-state index is 0.619. The first kappa shape index (κ1) is 6.51. The first-order valence-corrected chi connectivity index (χ1v) is 4.67. The molecule has 0 unspecified atom stereocenters. The molecular formula is C8H6N2OS. The molecule has 2 aromatic rings. The van der Waals surface area contributed by atoms with Gasteiger partial charge in [0.05, 0.1) is 35.6 Å². The van der Waals surface area contributed by atoms with Crippen molar-refractivity contribution >= 4 is 22.4 Å². The molecule has 0 atom stereocenters. The van der Waals surface area contributed by atoms with Crippen LogP contribution in [0.5, 0.6) is 0 Å². The third-order valence-electron chi connectivity index (χ3n) is 1.94. The van der Waals surface area contributed by atoms with Crippen LogP contribution in [0.2, 0.25) is 0 Å². The molecule has 0 aliphatic carbocycles. The van der Waals surface area contributed by atoms with E-state index in [4.69, 9.17) is 4.74 Å². The number of fused-ring (bicyclic) bond motifs is 2. The normalized spacial score (nSPS) is 15.3. The van der Waals surface area contributed by atoms with E-state index in [1.807, 2.05) is 10.8 Å². The van der Waals surface area contributed by atoms with Crippen LogP contribution in [0, 0.1) is 0 Å². The first-order chi connectivity index (χ1) is 5.93. The summed E-state index contributed by atoms with van der Waals surface area (Å²) in [4.78, 5) is 8.88. The molecule has 3 heterocycles. The van der Waals surface area contributed by atoms with Crippen molar-refractivity contribution < 1.29 is 4.74 Å². The summed E-state index contributed by atoms with van der Waals surface area (Å²) in [6.45, 7) is 1.24. The van der Waals surface area contributed by atoms with Gasteiger partial charge in [-0.05, 0) is 0 Å². The molecule has 12 heavy (non-hydrogen) atoms. The maximum atomic E-state index is 5.23. The summed E-state index contributed by atoms with van der Waals surface area (Å²) in [7, 11) is 0. The lowest BCUT2D eigenvalue weighted by molar-refractivity contribution is 0.132. The molecule has 1 aliphatic rings. The topological polar surface area (TPSA) is 35.0 Å². The Morgan fingerprint density at radius 2 is 1.67 bits per heavy atom. The van der Waals surface area contributed by atoms with Crippen molar-refractivity contribution in [1.29, 1.82) is 0 Å². The van der Waals surface area contributed by atoms with Gasteiger partial charge < -0.3 is 4.74 Å². The summed E-state index contributed by atoms with van der Waals surface area (Å²) in [6.07, 6.45) is 0. The molecule has 0 aromatic carbocycles. The van der Waals surface area contributed by atoms with Gasteiger partial charge >= 0.3 is 0 Å². The van der Waals surface area contributed by atoms with E-state index in [2.05, 4.69) is 9.97 Å². The number of hydrogen-bond donors (Lipinski definition) is 0. The van der Waals surface area contributed by atoms with Gasteiger partial charge in [-0.25, -0.2) is 9.97 Å². The summed E-state index contributed by atoms with van der Waals surface area (Å²) in [5.74, 6) is 0. The Kier molecular flexibility index (Phi) is 1.22. The molecule has 0 radical (unpaired) electrons. The molecule has 0 fully saturated rings. The Bertz CT molecular complexity index is 400. The Balaban J connectivity index is 2.38. The summed E-state index contributed by atoms with van der Waals surface area (Å²) in [6, 6.07) is 0. The van der Waals surface area contributed by atoms with Gasteiger partial charge in [-0.1, -0.05) is 0 Å². The van der Waals surface area contributed by atoms with E-state index < -0.39 is 0 Å². The first-order valence-electron chi connectivity index (χ1n) is 3.73. The zero-order chi connectivity index (χ0) is 7.97. The Hall–Kier alpha value is -1.00. The van der Waals surface area contributed by atoms with Gasteiger partial charge in [0.2, 0.25) is 0 Å². The fourth-order valence-corrected chi connectivity index (χ4v) is 2.02. The second-order valence-electron chi connectivity index (χ2n) is 2.75. The van der Waals surface area contributed by atoms with E-state index in [1.165, 1.54) is 0 Å². The van der Waals surface area contributed by atoms with Crippen molar-refractivity contribution in [3.05, 3.63) is 22.1 Å². The molecule has 4 heteroatoms. The SMILES string of the molecule is c1scc2nc3c(nc12)COC3.